The number of allylic oxidation sites excluding steroid dienone is 1. The van der Waals surface area contributed by atoms with Gasteiger partial charge in [0.2, 0.25) is 5.88 Å². The molecule has 4 aromatic carbocycles. The Bertz CT molecular complexity index is 1890. The van der Waals surface area contributed by atoms with E-state index in [0.717, 1.165) is 73.6 Å². The number of aryl methyl sites for hydroxylation is 2. The highest BCUT2D eigenvalue weighted by Crippen LogP contribution is 2.30. The van der Waals surface area contributed by atoms with Gasteiger partial charge >= 0.3 is 0 Å². The second-order valence-corrected chi connectivity index (χ2v) is 12.9. The molecule has 1 saturated heterocycles. The largest absolute Gasteiger partial charge is 0.493 e. The van der Waals surface area contributed by atoms with Crippen LogP contribution in [0.4, 0.5) is 0 Å². The molecule has 9 heteroatoms. The molecule has 0 N–H and O–H groups in total. The number of piperazine rings is 1. The van der Waals surface area contributed by atoms with Crippen LogP contribution in [0.25, 0.3) is 5.70 Å². The summed E-state index contributed by atoms with van der Waals surface area (Å²) in [6.45, 7) is 9.51. The molecule has 6 rings (SSSR count). The lowest BCUT2D eigenvalue weighted by molar-refractivity contribution is -0.104. The number of halogens is 2. The zero-order valence-corrected chi connectivity index (χ0v) is 30.5. The molecule has 0 aliphatic carbocycles. The van der Waals surface area contributed by atoms with Crippen LogP contribution in [0.1, 0.15) is 33.4 Å². The number of rotatable bonds is 14. The van der Waals surface area contributed by atoms with Gasteiger partial charge in [-0.15, -0.1) is 12.4 Å². The van der Waals surface area contributed by atoms with Crippen molar-refractivity contribution in [2.75, 3.05) is 32.8 Å². The van der Waals surface area contributed by atoms with Gasteiger partial charge in [-0.1, -0.05) is 71.8 Å². The normalized spacial score (nSPS) is 13.3. The average Bonchev–Trinajstić information content (AvgIpc) is 3.13. The van der Waals surface area contributed by atoms with E-state index in [2.05, 4.69) is 58.1 Å². The van der Waals surface area contributed by atoms with E-state index >= 15 is 0 Å². The van der Waals surface area contributed by atoms with E-state index in [0.29, 0.717) is 35.6 Å². The molecule has 0 radical (unpaired) electrons. The van der Waals surface area contributed by atoms with Gasteiger partial charge in [0.05, 0.1) is 12.8 Å². The van der Waals surface area contributed by atoms with Crippen LogP contribution in [0, 0.1) is 13.8 Å². The highest BCUT2D eigenvalue weighted by atomic mass is 35.5. The lowest BCUT2D eigenvalue weighted by atomic mass is 10.0. The number of ether oxygens (including phenoxy) is 3. The quantitative estimate of drug-likeness (QED) is 0.0837. The molecule has 1 aliphatic rings. The van der Waals surface area contributed by atoms with Crippen LogP contribution in [-0.2, 0) is 24.4 Å². The van der Waals surface area contributed by atoms with Crippen molar-refractivity contribution in [2.45, 2.75) is 33.4 Å². The number of benzene rings is 4. The Labute approximate surface area is 311 Å². The number of hydrogen-bond donors (Lipinski definition) is 0. The average molecular weight is 725 g/mol. The molecule has 5 aromatic rings. The number of aldehydes is 1. The lowest BCUT2D eigenvalue weighted by Gasteiger charge is -2.37. The topological polar surface area (TPSA) is 64.1 Å². The molecule has 2 heterocycles. The van der Waals surface area contributed by atoms with Crippen molar-refractivity contribution in [3.8, 4) is 23.1 Å². The van der Waals surface area contributed by atoms with Crippen molar-refractivity contribution in [1.82, 2.24) is 14.8 Å². The number of aromatic nitrogens is 1. The molecule has 51 heavy (non-hydrogen) atoms. The summed E-state index contributed by atoms with van der Waals surface area (Å²) in [5, 5.41) is 0.668. The van der Waals surface area contributed by atoms with Gasteiger partial charge in [-0.05, 0) is 73.0 Å². The van der Waals surface area contributed by atoms with Gasteiger partial charge in [0, 0.05) is 73.1 Å². The minimum Gasteiger partial charge on any atom is -0.493 e. The van der Waals surface area contributed by atoms with Crippen LogP contribution >= 0.6 is 24.0 Å². The highest BCUT2D eigenvalue weighted by molar-refractivity contribution is 6.31. The summed E-state index contributed by atoms with van der Waals surface area (Å²) in [5.74, 6) is 2.67. The van der Waals surface area contributed by atoms with Gasteiger partial charge < -0.3 is 19.1 Å². The molecule has 0 unspecified atom stereocenters. The van der Waals surface area contributed by atoms with E-state index in [1.165, 1.54) is 16.7 Å². The molecule has 1 fully saturated rings. The van der Waals surface area contributed by atoms with Gasteiger partial charge in [-0.3, -0.25) is 9.69 Å². The molecular weight excluding hydrogens is 681 g/mol. The molecular formula is C42H43Cl2N3O4. The molecule has 0 atom stereocenters. The molecule has 7 nitrogen and oxygen atoms in total. The first-order chi connectivity index (χ1) is 24.4. The Morgan fingerprint density at radius 3 is 2.20 bits per heavy atom. The molecule has 1 aliphatic heterocycles. The number of carbonyl (C=O) groups excluding carboxylic acids is 1. The third-order valence-electron chi connectivity index (χ3n) is 8.81. The zero-order valence-electron chi connectivity index (χ0n) is 29.0. The first-order valence-corrected chi connectivity index (χ1v) is 17.3. The van der Waals surface area contributed by atoms with Crippen LogP contribution in [-0.4, -0.2) is 53.9 Å². The van der Waals surface area contributed by atoms with E-state index in [1.807, 2.05) is 67.6 Å². The monoisotopic (exact) mass is 723 g/mol. The summed E-state index contributed by atoms with van der Waals surface area (Å²) in [5.41, 5.74) is 7.66. The SMILES string of the molecule is Cc1ccc(OCCc2ccc(CN3CCN(/C(=C/C=O)c4ccc(Oc5ccc(OCc6ccccc6Cl)cn5)cc4C)CC3)cc2)cc1.Cl. The zero-order chi connectivity index (χ0) is 34.7. The fraction of sp³-hybridized carbons (Fsp3) is 0.238. The first kappa shape index (κ1) is 37.4. The van der Waals surface area contributed by atoms with Gasteiger partial charge in [-0.2, -0.15) is 0 Å². The van der Waals surface area contributed by atoms with Crippen molar-refractivity contribution >= 4 is 36.0 Å². The maximum Gasteiger partial charge on any atom is 0.219 e. The van der Waals surface area contributed by atoms with E-state index in [-0.39, 0.29) is 12.4 Å². The predicted octanol–water partition coefficient (Wildman–Crippen LogP) is 9.12. The van der Waals surface area contributed by atoms with E-state index in [4.69, 9.17) is 25.8 Å². The van der Waals surface area contributed by atoms with Crippen LogP contribution in [0.15, 0.2) is 115 Å². The van der Waals surface area contributed by atoms with Crippen LogP contribution in [0.3, 0.4) is 0 Å². The summed E-state index contributed by atoms with van der Waals surface area (Å²) in [6, 6.07) is 34.1. The molecule has 0 spiro atoms. The fourth-order valence-electron chi connectivity index (χ4n) is 5.96. The van der Waals surface area contributed by atoms with Crippen molar-refractivity contribution in [1.29, 1.82) is 0 Å². The van der Waals surface area contributed by atoms with E-state index < -0.39 is 0 Å². The Morgan fingerprint density at radius 1 is 0.804 bits per heavy atom. The van der Waals surface area contributed by atoms with Crippen LogP contribution < -0.4 is 14.2 Å². The second-order valence-electron chi connectivity index (χ2n) is 12.5. The van der Waals surface area contributed by atoms with E-state index in [9.17, 15) is 4.79 Å². The number of pyridine rings is 1. The van der Waals surface area contributed by atoms with E-state index in [1.54, 1.807) is 18.3 Å². The van der Waals surface area contributed by atoms with Crippen molar-refractivity contribution in [3.05, 3.63) is 154 Å². The lowest BCUT2D eigenvalue weighted by Crippen LogP contribution is -2.45. The summed E-state index contributed by atoms with van der Waals surface area (Å²) in [4.78, 5) is 20.9. The summed E-state index contributed by atoms with van der Waals surface area (Å²) >= 11 is 6.23. The van der Waals surface area contributed by atoms with Crippen LogP contribution in [0.5, 0.6) is 23.1 Å². The number of carbonyl (C=O) groups is 1. The molecule has 1 aromatic heterocycles. The molecule has 0 bridgehead atoms. The second kappa shape index (κ2) is 18.4. The maximum absolute atomic E-state index is 11.7. The van der Waals surface area contributed by atoms with Gasteiger partial charge in [0.1, 0.15) is 30.1 Å². The van der Waals surface area contributed by atoms with Crippen molar-refractivity contribution < 1.29 is 19.0 Å². The van der Waals surface area contributed by atoms with Gasteiger partial charge in [0.25, 0.3) is 0 Å². The highest BCUT2D eigenvalue weighted by Gasteiger charge is 2.21. The minimum absolute atomic E-state index is 0. The van der Waals surface area contributed by atoms with Gasteiger partial charge in [0.15, 0.2) is 0 Å². The maximum atomic E-state index is 11.7. The number of hydrogen-bond acceptors (Lipinski definition) is 7. The molecule has 264 valence electrons. The molecule has 0 amide bonds. The van der Waals surface area contributed by atoms with Crippen molar-refractivity contribution in [3.63, 3.8) is 0 Å². The Hall–Kier alpha value is -4.82. The first-order valence-electron chi connectivity index (χ1n) is 16.9. The third-order valence-corrected chi connectivity index (χ3v) is 9.17. The van der Waals surface area contributed by atoms with Crippen molar-refractivity contribution in [2.24, 2.45) is 0 Å². The Morgan fingerprint density at radius 2 is 1.51 bits per heavy atom. The Balaban J connectivity index is 0.00000504. The predicted molar refractivity (Wildman–Crippen MR) is 206 cm³/mol. The Kier molecular flexibility index (Phi) is 13.5. The number of nitrogens with zero attached hydrogens (tertiary/aromatic N) is 3. The summed E-state index contributed by atoms with van der Waals surface area (Å²) in [7, 11) is 0. The molecule has 0 saturated carbocycles. The smallest absolute Gasteiger partial charge is 0.219 e. The van der Waals surface area contributed by atoms with Gasteiger partial charge in [-0.25, -0.2) is 4.98 Å². The summed E-state index contributed by atoms with van der Waals surface area (Å²) in [6.07, 6.45) is 5.05. The fourth-order valence-corrected chi connectivity index (χ4v) is 6.15. The third kappa shape index (κ3) is 10.6. The minimum atomic E-state index is 0. The standard InChI is InChI=1S/C42H42ClN3O4.ClH/c1-31-7-13-36(14-8-31)48-26-20-33-9-11-34(12-10-33)29-45-21-23-46(24-22-45)41(19-25-47)39-17-15-37(27-32(39)2)50-42-18-16-38(28-44-42)49-30-35-5-3-4-6-40(35)43;/h3-19,25,27-28H,20-24,26,29-30H2,1-2H3;1H/b41-19+;. The summed E-state index contributed by atoms with van der Waals surface area (Å²) < 4.78 is 17.8. The van der Waals surface area contributed by atoms with Crippen LogP contribution in [0.2, 0.25) is 5.02 Å².